The number of likely N-dealkylation sites (N-methyl/N-ethyl adjacent to an activating group) is 1. The van der Waals surface area contributed by atoms with Gasteiger partial charge in [0.2, 0.25) is 0 Å². The van der Waals surface area contributed by atoms with Gasteiger partial charge >= 0.3 is 5.97 Å². The zero-order chi connectivity index (χ0) is 13.6. The van der Waals surface area contributed by atoms with Gasteiger partial charge in [-0.2, -0.15) is 0 Å². The highest BCUT2D eigenvalue weighted by Crippen LogP contribution is 2.40. The van der Waals surface area contributed by atoms with Gasteiger partial charge in [0.05, 0.1) is 0 Å². The average Bonchev–Trinajstić information content (AvgIpc) is 3.17. The SMILES string of the molecule is CCCNC(CN(CC)CCC)(C(=O)O)C1CC1. The van der Waals surface area contributed by atoms with E-state index in [1.807, 2.05) is 0 Å². The summed E-state index contributed by atoms with van der Waals surface area (Å²) in [7, 11) is 0. The van der Waals surface area contributed by atoms with Crippen molar-refractivity contribution in [2.24, 2.45) is 5.92 Å². The van der Waals surface area contributed by atoms with Crippen molar-refractivity contribution in [1.82, 2.24) is 10.2 Å². The lowest BCUT2D eigenvalue weighted by Gasteiger charge is -2.36. The minimum Gasteiger partial charge on any atom is -0.480 e. The van der Waals surface area contributed by atoms with E-state index in [0.29, 0.717) is 12.5 Å². The summed E-state index contributed by atoms with van der Waals surface area (Å²) < 4.78 is 0. The van der Waals surface area contributed by atoms with Gasteiger partial charge in [0, 0.05) is 6.54 Å². The van der Waals surface area contributed by atoms with Crippen molar-refractivity contribution in [3.05, 3.63) is 0 Å². The Morgan fingerprint density at radius 1 is 1.33 bits per heavy atom. The number of nitrogens with one attached hydrogen (secondary N) is 1. The Hall–Kier alpha value is -0.610. The summed E-state index contributed by atoms with van der Waals surface area (Å²) in [6.07, 6.45) is 4.14. The molecule has 0 amide bonds. The summed E-state index contributed by atoms with van der Waals surface area (Å²) in [6.45, 7) is 9.64. The lowest BCUT2D eigenvalue weighted by atomic mass is 9.92. The number of carboxylic acids is 1. The molecule has 0 aromatic rings. The van der Waals surface area contributed by atoms with Gasteiger partial charge in [0.25, 0.3) is 0 Å². The normalized spacial score (nSPS) is 18.9. The Morgan fingerprint density at radius 3 is 2.39 bits per heavy atom. The molecule has 1 atom stereocenters. The van der Waals surface area contributed by atoms with Gasteiger partial charge in [-0.1, -0.05) is 20.8 Å². The van der Waals surface area contributed by atoms with E-state index < -0.39 is 11.5 Å². The van der Waals surface area contributed by atoms with Gasteiger partial charge < -0.3 is 15.3 Å². The quantitative estimate of drug-likeness (QED) is 0.627. The predicted octanol–water partition coefficient (Wildman–Crippen LogP) is 1.95. The smallest absolute Gasteiger partial charge is 0.325 e. The van der Waals surface area contributed by atoms with Gasteiger partial charge in [0.1, 0.15) is 5.54 Å². The zero-order valence-electron chi connectivity index (χ0n) is 12.0. The Morgan fingerprint density at radius 2 is 2.00 bits per heavy atom. The molecule has 4 nitrogen and oxygen atoms in total. The third-order valence-electron chi connectivity index (χ3n) is 3.81. The lowest BCUT2D eigenvalue weighted by molar-refractivity contribution is -0.147. The van der Waals surface area contributed by atoms with Crippen LogP contribution in [0.3, 0.4) is 0 Å². The molecule has 0 spiro atoms. The number of carboxylic acid groups (broad SMARTS) is 1. The largest absolute Gasteiger partial charge is 0.480 e. The summed E-state index contributed by atoms with van der Waals surface area (Å²) in [5.41, 5.74) is -0.721. The van der Waals surface area contributed by atoms with E-state index in [0.717, 1.165) is 45.3 Å². The van der Waals surface area contributed by atoms with Crippen LogP contribution in [0, 0.1) is 5.92 Å². The highest BCUT2D eigenvalue weighted by Gasteiger charge is 2.51. The van der Waals surface area contributed by atoms with Crippen LogP contribution in [0.25, 0.3) is 0 Å². The third-order valence-corrected chi connectivity index (χ3v) is 3.81. The first-order valence-electron chi connectivity index (χ1n) is 7.31. The van der Waals surface area contributed by atoms with E-state index in [1.165, 1.54) is 0 Å². The standard InChI is InChI=1S/C14H28N2O2/c1-4-9-15-14(13(17)18,12-7-8-12)11-16(6-3)10-5-2/h12,15H,4-11H2,1-3H3,(H,17,18). The molecule has 2 N–H and O–H groups in total. The molecule has 0 heterocycles. The number of aliphatic carboxylic acids is 1. The molecule has 0 bridgehead atoms. The van der Waals surface area contributed by atoms with Crippen molar-refractivity contribution in [3.63, 3.8) is 0 Å². The van der Waals surface area contributed by atoms with Crippen LogP contribution >= 0.6 is 0 Å². The minimum atomic E-state index is -0.721. The molecule has 0 saturated heterocycles. The van der Waals surface area contributed by atoms with Gasteiger partial charge in [-0.15, -0.1) is 0 Å². The molecule has 0 aromatic carbocycles. The van der Waals surface area contributed by atoms with Crippen LogP contribution in [-0.2, 0) is 4.79 Å². The van der Waals surface area contributed by atoms with Gasteiger partial charge in [-0.05, 0) is 51.2 Å². The van der Waals surface area contributed by atoms with E-state index >= 15 is 0 Å². The maximum Gasteiger partial charge on any atom is 0.325 e. The molecule has 1 aliphatic rings. The second kappa shape index (κ2) is 7.10. The molecule has 1 saturated carbocycles. The Labute approximate surface area is 111 Å². The molecule has 0 radical (unpaired) electrons. The van der Waals surface area contributed by atoms with Crippen molar-refractivity contribution in [2.45, 2.75) is 52.0 Å². The first kappa shape index (κ1) is 15.4. The van der Waals surface area contributed by atoms with Crippen molar-refractivity contribution in [2.75, 3.05) is 26.2 Å². The van der Waals surface area contributed by atoms with Gasteiger partial charge in [0.15, 0.2) is 0 Å². The summed E-state index contributed by atoms with van der Waals surface area (Å²) in [5, 5.41) is 13.0. The van der Waals surface area contributed by atoms with E-state index in [9.17, 15) is 9.90 Å². The highest BCUT2D eigenvalue weighted by molar-refractivity contribution is 5.80. The molecular formula is C14H28N2O2. The maximum absolute atomic E-state index is 11.8. The van der Waals surface area contributed by atoms with Gasteiger partial charge in [-0.25, -0.2) is 0 Å². The fourth-order valence-corrected chi connectivity index (χ4v) is 2.59. The number of nitrogens with zero attached hydrogens (tertiary/aromatic N) is 1. The van der Waals surface area contributed by atoms with Crippen molar-refractivity contribution < 1.29 is 9.90 Å². The van der Waals surface area contributed by atoms with Crippen LogP contribution in [0.1, 0.15) is 46.5 Å². The topological polar surface area (TPSA) is 52.6 Å². The maximum atomic E-state index is 11.8. The van der Waals surface area contributed by atoms with Crippen molar-refractivity contribution in [1.29, 1.82) is 0 Å². The molecule has 0 aliphatic heterocycles. The molecule has 18 heavy (non-hydrogen) atoms. The van der Waals surface area contributed by atoms with Crippen LogP contribution < -0.4 is 5.32 Å². The average molecular weight is 256 g/mol. The van der Waals surface area contributed by atoms with Crippen LogP contribution in [0.2, 0.25) is 0 Å². The molecular weight excluding hydrogens is 228 g/mol. The van der Waals surface area contributed by atoms with Crippen molar-refractivity contribution >= 4 is 5.97 Å². The molecule has 1 aliphatic carbocycles. The fraction of sp³-hybridized carbons (Fsp3) is 0.929. The predicted molar refractivity (Wildman–Crippen MR) is 73.8 cm³/mol. The summed E-state index contributed by atoms with van der Waals surface area (Å²) in [6, 6.07) is 0. The monoisotopic (exact) mass is 256 g/mol. The Bertz CT molecular complexity index is 267. The Kier molecular flexibility index (Phi) is 6.09. The highest BCUT2D eigenvalue weighted by atomic mass is 16.4. The molecule has 1 fully saturated rings. The Balaban J connectivity index is 2.76. The molecule has 4 heteroatoms. The van der Waals surface area contributed by atoms with Gasteiger partial charge in [-0.3, -0.25) is 4.79 Å². The number of hydrogen-bond donors (Lipinski definition) is 2. The molecule has 0 aromatic heterocycles. The summed E-state index contributed by atoms with van der Waals surface area (Å²) >= 11 is 0. The minimum absolute atomic E-state index is 0.312. The third kappa shape index (κ3) is 3.69. The van der Waals surface area contributed by atoms with E-state index in [-0.39, 0.29) is 0 Å². The van der Waals surface area contributed by atoms with Crippen molar-refractivity contribution in [3.8, 4) is 0 Å². The second-order valence-electron chi connectivity index (χ2n) is 5.35. The fourth-order valence-electron chi connectivity index (χ4n) is 2.59. The number of rotatable bonds is 10. The van der Waals surface area contributed by atoms with Crippen LogP contribution in [0.4, 0.5) is 0 Å². The molecule has 1 rings (SSSR count). The lowest BCUT2D eigenvalue weighted by Crippen LogP contribution is -2.61. The summed E-state index contributed by atoms with van der Waals surface area (Å²) in [4.78, 5) is 14.0. The van der Waals surface area contributed by atoms with Crippen LogP contribution in [-0.4, -0.2) is 47.7 Å². The van der Waals surface area contributed by atoms with Crippen LogP contribution in [0.5, 0.6) is 0 Å². The van der Waals surface area contributed by atoms with E-state index in [4.69, 9.17) is 0 Å². The summed E-state index contributed by atoms with van der Waals surface area (Å²) in [5.74, 6) is -0.361. The number of carbonyl (C=O) groups is 1. The van der Waals surface area contributed by atoms with E-state index in [2.05, 4.69) is 31.0 Å². The molecule has 1 unspecified atom stereocenters. The zero-order valence-corrected chi connectivity index (χ0v) is 12.0. The van der Waals surface area contributed by atoms with E-state index in [1.54, 1.807) is 0 Å². The first-order valence-corrected chi connectivity index (χ1v) is 7.31. The van der Waals surface area contributed by atoms with Crippen LogP contribution in [0.15, 0.2) is 0 Å². The first-order chi connectivity index (χ1) is 8.60. The molecule has 106 valence electrons. The number of hydrogen-bond acceptors (Lipinski definition) is 3. The second-order valence-corrected chi connectivity index (χ2v) is 5.35.